The van der Waals surface area contributed by atoms with Crippen LogP contribution < -0.4 is 26.6 Å². The summed E-state index contributed by atoms with van der Waals surface area (Å²) < 4.78 is 0. The van der Waals surface area contributed by atoms with Gasteiger partial charge >= 0.3 is 12.1 Å². The zero-order chi connectivity index (χ0) is 23.3. The second-order valence-electron chi connectivity index (χ2n) is 9.52. The number of amides is 4. The number of anilines is 4. The highest BCUT2D eigenvalue weighted by Gasteiger charge is 2.20. The van der Waals surface area contributed by atoms with Gasteiger partial charge < -0.3 is 26.6 Å². The fourth-order valence-electron chi connectivity index (χ4n) is 5.04. The van der Waals surface area contributed by atoms with Crippen molar-refractivity contribution in [3.8, 4) is 0 Å². The van der Waals surface area contributed by atoms with Crippen LogP contribution >= 0.6 is 11.8 Å². The third-order valence-corrected chi connectivity index (χ3v) is 7.96. The summed E-state index contributed by atoms with van der Waals surface area (Å²) in [5.74, 6) is 0. The first-order valence-corrected chi connectivity index (χ1v) is 13.3. The van der Waals surface area contributed by atoms with E-state index in [1.807, 2.05) is 36.4 Å². The molecule has 180 valence electrons. The minimum atomic E-state index is -0.142. The fourth-order valence-corrected chi connectivity index (χ4v) is 6.10. The Labute approximate surface area is 205 Å². The highest BCUT2D eigenvalue weighted by molar-refractivity contribution is 7.99. The van der Waals surface area contributed by atoms with E-state index in [9.17, 15) is 9.59 Å². The SMILES string of the molecule is O=C(Nc1ccc2c(c1)Sc1cc(NC(=O)NC3CCCCC3)ccc1N2)NC1CCCCC1. The molecule has 4 amide bonds. The average molecular weight is 480 g/mol. The number of carbonyl (C=O) groups is 2. The van der Waals surface area contributed by atoms with Gasteiger partial charge in [-0.3, -0.25) is 0 Å². The van der Waals surface area contributed by atoms with E-state index in [2.05, 4.69) is 26.6 Å². The third kappa shape index (κ3) is 5.78. The molecule has 2 saturated carbocycles. The molecule has 0 bridgehead atoms. The number of rotatable bonds is 4. The Hall–Kier alpha value is -2.87. The van der Waals surface area contributed by atoms with Gasteiger partial charge in [0.15, 0.2) is 0 Å². The molecule has 0 unspecified atom stereocenters. The van der Waals surface area contributed by atoms with Crippen molar-refractivity contribution in [1.82, 2.24) is 10.6 Å². The first-order valence-electron chi connectivity index (χ1n) is 12.5. The molecule has 2 aromatic carbocycles. The molecular formula is C26H33N5O2S. The lowest BCUT2D eigenvalue weighted by molar-refractivity contribution is 0.243. The standard InChI is InChI=1S/C26H33N5O2S/c32-25(27-17-7-3-1-4-8-17)29-19-11-13-21-23(15-19)34-24-16-20(12-14-22(24)31-21)30-26(33)28-18-9-5-2-6-10-18/h11-18,31H,1-10H2,(H2,27,29,32)(H2,28,30,33). The molecule has 2 fully saturated rings. The summed E-state index contributed by atoms with van der Waals surface area (Å²) in [4.78, 5) is 27.0. The lowest BCUT2D eigenvalue weighted by atomic mass is 9.96. The Morgan fingerprint density at radius 1 is 0.676 bits per heavy atom. The highest BCUT2D eigenvalue weighted by Crippen LogP contribution is 2.46. The Morgan fingerprint density at radius 3 is 1.56 bits per heavy atom. The fraction of sp³-hybridized carbons (Fsp3) is 0.462. The molecule has 7 nitrogen and oxygen atoms in total. The molecule has 1 aliphatic heterocycles. The predicted octanol–water partition coefficient (Wildman–Crippen LogP) is 6.80. The van der Waals surface area contributed by atoms with Crippen molar-refractivity contribution in [2.75, 3.05) is 16.0 Å². The van der Waals surface area contributed by atoms with E-state index >= 15 is 0 Å². The molecule has 0 radical (unpaired) electrons. The molecule has 8 heteroatoms. The average Bonchev–Trinajstić information content (AvgIpc) is 2.84. The van der Waals surface area contributed by atoms with Gasteiger partial charge in [-0.05, 0) is 62.1 Å². The summed E-state index contributed by atoms with van der Waals surface area (Å²) >= 11 is 1.63. The van der Waals surface area contributed by atoms with E-state index in [1.165, 1.54) is 38.5 Å². The lowest BCUT2D eigenvalue weighted by Crippen LogP contribution is -2.39. The monoisotopic (exact) mass is 479 g/mol. The Balaban J connectivity index is 1.20. The van der Waals surface area contributed by atoms with Crippen LogP contribution in [0.1, 0.15) is 64.2 Å². The number of nitrogens with one attached hydrogen (secondary N) is 5. The number of fused-ring (bicyclic) bond motifs is 2. The third-order valence-electron chi connectivity index (χ3n) is 6.85. The number of urea groups is 2. The van der Waals surface area contributed by atoms with Crippen LogP contribution in [0.25, 0.3) is 0 Å². The normalized spacial score (nSPS) is 18.1. The van der Waals surface area contributed by atoms with Gasteiger partial charge in [-0.2, -0.15) is 0 Å². The lowest BCUT2D eigenvalue weighted by Gasteiger charge is -2.24. The molecule has 0 saturated heterocycles. The molecule has 0 atom stereocenters. The molecule has 5 rings (SSSR count). The second kappa shape index (κ2) is 10.6. The van der Waals surface area contributed by atoms with E-state index in [4.69, 9.17) is 0 Å². The summed E-state index contributed by atoms with van der Waals surface area (Å²) in [5.41, 5.74) is 3.55. The molecule has 5 N–H and O–H groups in total. The van der Waals surface area contributed by atoms with Crippen LogP contribution in [0.15, 0.2) is 46.2 Å². The van der Waals surface area contributed by atoms with Gasteiger partial charge in [0.05, 0.1) is 11.4 Å². The number of hydrogen-bond donors (Lipinski definition) is 5. The van der Waals surface area contributed by atoms with Crippen LogP contribution in [0.4, 0.5) is 32.3 Å². The molecule has 2 aromatic rings. The maximum atomic E-state index is 12.4. The minimum absolute atomic E-state index is 0.142. The molecular weight excluding hydrogens is 446 g/mol. The topological polar surface area (TPSA) is 94.3 Å². The first kappa shape index (κ1) is 22.9. The molecule has 0 aromatic heterocycles. The summed E-state index contributed by atoms with van der Waals surface area (Å²) in [6.45, 7) is 0. The van der Waals surface area contributed by atoms with Gasteiger partial charge in [0, 0.05) is 33.2 Å². The van der Waals surface area contributed by atoms with Crippen LogP contribution in [-0.2, 0) is 0 Å². The number of carbonyl (C=O) groups excluding carboxylic acids is 2. The van der Waals surface area contributed by atoms with Crippen LogP contribution in [0.2, 0.25) is 0 Å². The van der Waals surface area contributed by atoms with Crippen LogP contribution in [-0.4, -0.2) is 24.1 Å². The van der Waals surface area contributed by atoms with Crippen molar-refractivity contribution in [2.24, 2.45) is 0 Å². The van der Waals surface area contributed by atoms with E-state index in [-0.39, 0.29) is 24.1 Å². The van der Waals surface area contributed by atoms with Gasteiger partial charge in [0.1, 0.15) is 0 Å². The Morgan fingerprint density at radius 2 is 1.12 bits per heavy atom. The maximum Gasteiger partial charge on any atom is 0.319 e. The molecule has 3 aliphatic rings. The largest absolute Gasteiger partial charge is 0.354 e. The van der Waals surface area contributed by atoms with Crippen molar-refractivity contribution in [3.05, 3.63) is 36.4 Å². The Kier molecular flexibility index (Phi) is 7.13. The van der Waals surface area contributed by atoms with E-state index in [0.29, 0.717) is 0 Å². The van der Waals surface area contributed by atoms with Crippen LogP contribution in [0.5, 0.6) is 0 Å². The van der Waals surface area contributed by atoms with E-state index in [0.717, 1.165) is 58.2 Å². The minimum Gasteiger partial charge on any atom is -0.354 e. The first-order chi connectivity index (χ1) is 16.6. The molecule has 1 heterocycles. The van der Waals surface area contributed by atoms with Gasteiger partial charge in [0.2, 0.25) is 0 Å². The Bertz CT molecular complexity index is 966. The van der Waals surface area contributed by atoms with Gasteiger partial charge in [-0.25, -0.2) is 9.59 Å². The molecule has 0 spiro atoms. The number of benzene rings is 2. The smallest absolute Gasteiger partial charge is 0.319 e. The summed E-state index contributed by atoms with van der Waals surface area (Å²) in [6, 6.07) is 12.1. The van der Waals surface area contributed by atoms with Crippen molar-refractivity contribution in [2.45, 2.75) is 86.1 Å². The van der Waals surface area contributed by atoms with Crippen LogP contribution in [0.3, 0.4) is 0 Å². The molecule has 2 aliphatic carbocycles. The quantitative estimate of drug-likeness (QED) is 0.284. The van der Waals surface area contributed by atoms with Crippen molar-refractivity contribution in [3.63, 3.8) is 0 Å². The zero-order valence-electron chi connectivity index (χ0n) is 19.4. The van der Waals surface area contributed by atoms with E-state index < -0.39 is 0 Å². The molecule has 34 heavy (non-hydrogen) atoms. The van der Waals surface area contributed by atoms with Gasteiger partial charge in [-0.15, -0.1) is 0 Å². The van der Waals surface area contributed by atoms with Gasteiger partial charge in [0.25, 0.3) is 0 Å². The van der Waals surface area contributed by atoms with Crippen molar-refractivity contribution < 1.29 is 9.59 Å². The second-order valence-corrected chi connectivity index (χ2v) is 10.6. The van der Waals surface area contributed by atoms with Gasteiger partial charge in [-0.1, -0.05) is 50.3 Å². The summed E-state index contributed by atoms with van der Waals surface area (Å²) in [7, 11) is 0. The summed E-state index contributed by atoms with van der Waals surface area (Å²) in [6.07, 6.45) is 11.5. The van der Waals surface area contributed by atoms with Crippen molar-refractivity contribution >= 4 is 46.6 Å². The maximum absolute atomic E-state index is 12.4. The highest BCUT2D eigenvalue weighted by atomic mass is 32.2. The summed E-state index contributed by atoms with van der Waals surface area (Å²) in [5, 5.41) is 15.6. The van der Waals surface area contributed by atoms with E-state index in [1.54, 1.807) is 11.8 Å². The predicted molar refractivity (Wildman–Crippen MR) is 138 cm³/mol. The van der Waals surface area contributed by atoms with Crippen molar-refractivity contribution in [1.29, 1.82) is 0 Å². The van der Waals surface area contributed by atoms with Crippen LogP contribution in [0, 0.1) is 0 Å². The number of hydrogen-bond acceptors (Lipinski definition) is 4. The zero-order valence-corrected chi connectivity index (χ0v) is 20.2.